The molecule has 0 saturated heterocycles. The van der Waals surface area contributed by atoms with E-state index in [1.807, 2.05) is 0 Å². The van der Waals surface area contributed by atoms with Crippen LogP contribution in [-0.4, -0.2) is 29.5 Å². The van der Waals surface area contributed by atoms with E-state index in [4.69, 9.17) is 4.74 Å². The third kappa shape index (κ3) is 5.19. The van der Waals surface area contributed by atoms with Crippen LogP contribution in [0.15, 0.2) is 12.3 Å². The van der Waals surface area contributed by atoms with Gasteiger partial charge in [-0.3, -0.25) is 4.68 Å². The number of hydrogen-bond donors (Lipinski definition) is 1. The smallest absolute Gasteiger partial charge is 0.0907 e. The van der Waals surface area contributed by atoms with Gasteiger partial charge in [-0.2, -0.15) is 5.10 Å². The lowest BCUT2D eigenvalue weighted by Crippen LogP contribution is -2.20. The molecule has 104 valence electrons. The summed E-state index contributed by atoms with van der Waals surface area (Å²) < 4.78 is 7.65. The van der Waals surface area contributed by atoms with E-state index in [2.05, 4.69) is 48.1 Å². The second-order valence-corrected chi connectivity index (χ2v) is 4.56. The summed E-state index contributed by atoms with van der Waals surface area (Å²) in [4.78, 5) is 0. The van der Waals surface area contributed by atoms with Gasteiger partial charge in [0.25, 0.3) is 0 Å². The monoisotopic (exact) mass is 253 g/mol. The second-order valence-electron chi connectivity index (χ2n) is 4.56. The van der Waals surface area contributed by atoms with Gasteiger partial charge in [0, 0.05) is 12.7 Å². The van der Waals surface area contributed by atoms with E-state index < -0.39 is 0 Å². The van der Waals surface area contributed by atoms with Crippen LogP contribution in [-0.2, 0) is 11.3 Å². The molecule has 0 atom stereocenters. The lowest BCUT2D eigenvalue weighted by molar-refractivity contribution is 0.119. The molecule has 4 nitrogen and oxygen atoms in total. The molecule has 0 spiro atoms. The zero-order chi connectivity index (χ0) is 13.2. The summed E-state index contributed by atoms with van der Waals surface area (Å²) in [5.74, 6) is 0. The number of nitrogens with one attached hydrogen (secondary N) is 1. The molecular weight excluding hydrogens is 226 g/mol. The first kappa shape index (κ1) is 15.2. The zero-order valence-electron chi connectivity index (χ0n) is 12.0. The molecule has 1 aromatic heterocycles. The summed E-state index contributed by atoms with van der Waals surface area (Å²) in [6.45, 7) is 9.90. The molecule has 18 heavy (non-hydrogen) atoms. The molecule has 0 aliphatic heterocycles. The minimum Gasteiger partial charge on any atom is -0.374 e. The van der Waals surface area contributed by atoms with Crippen molar-refractivity contribution in [3.05, 3.63) is 18.0 Å². The van der Waals surface area contributed by atoms with E-state index >= 15 is 0 Å². The van der Waals surface area contributed by atoms with Gasteiger partial charge in [-0.25, -0.2) is 0 Å². The molecule has 0 amide bonds. The Bertz CT molecular complexity index is 308. The van der Waals surface area contributed by atoms with E-state index in [0.29, 0.717) is 12.6 Å². The number of ether oxygens (including phenoxy) is 1. The van der Waals surface area contributed by atoms with Crippen molar-refractivity contribution >= 4 is 0 Å². The number of nitrogens with zero attached hydrogens (tertiary/aromatic N) is 2. The van der Waals surface area contributed by atoms with Crippen LogP contribution < -0.4 is 5.32 Å². The highest BCUT2D eigenvalue weighted by molar-refractivity contribution is 4.98. The quantitative estimate of drug-likeness (QED) is 0.652. The van der Waals surface area contributed by atoms with E-state index in [9.17, 15) is 0 Å². The van der Waals surface area contributed by atoms with Gasteiger partial charge < -0.3 is 10.1 Å². The number of hydrogen-bond acceptors (Lipinski definition) is 3. The summed E-state index contributed by atoms with van der Waals surface area (Å²) in [6, 6.07) is 2.57. The highest BCUT2D eigenvalue weighted by Gasteiger charge is 2.07. The Hall–Kier alpha value is -0.870. The predicted molar refractivity (Wildman–Crippen MR) is 74.7 cm³/mol. The van der Waals surface area contributed by atoms with Crippen molar-refractivity contribution in [1.82, 2.24) is 15.1 Å². The molecule has 0 unspecified atom stereocenters. The Morgan fingerprint density at radius 2 is 2.06 bits per heavy atom. The molecule has 0 bridgehead atoms. The average molecular weight is 253 g/mol. The molecule has 0 aromatic carbocycles. The fourth-order valence-electron chi connectivity index (χ4n) is 1.94. The van der Waals surface area contributed by atoms with Crippen LogP contribution in [0, 0.1) is 0 Å². The van der Waals surface area contributed by atoms with Gasteiger partial charge >= 0.3 is 0 Å². The molecule has 4 heteroatoms. The van der Waals surface area contributed by atoms with Gasteiger partial charge in [-0.1, -0.05) is 20.8 Å². The van der Waals surface area contributed by atoms with Crippen molar-refractivity contribution in [3.63, 3.8) is 0 Å². The third-order valence-corrected chi connectivity index (χ3v) is 3.08. The Kier molecular flexibility index (Phi) is 7.69. The maximum atomic E-state index is 5.59. The number of aromatic nitrogens is 2. The fraction of sp³-hybridized carbons (Fsp3) is 0.786. The van der Waals surface area contributed by atoms with Crippen LogP contribution in [0.5, 0.6) is 0 Å². The van der Waals surface area contributed by atoms with E-state index in [1.54, 1.807) is 0 Å². The standard InChI is InChI=1S/C14H27N3O/c1-4-8-15-9-11-18-12-13-7-10-17(16-13)14(5-2)6-3/h7,10,14-15H,4-6,8-9,11-12H2,1-3H3. The van der Waals surface area contributed by atoms with Crippen LogP contribution in [0.3, 0.4) is 0 Å². The maximum absolute atomic E-state index is 5.59. The molecule has 0 fully saturated rings. The normalized spacial score (nSPS) is 11.3. The average Bonchev–Trinajstić information content (AvgIpc) is 2.84. The van der Waals surface area contributed by atoms with Crippen LogP contribution in [0.1, 0.15) is 51.8 Å². The Morgan fingerprint density at radius 3 is 2.72 bits per heavy atom. The first-order chi connectivity index (χ1) is 8.81. The minimum absolute atomic E-state index is 0.518. The molecule has 1 heterocycles. The summed E-state index contributed by atoms with van der Waals surface area (Å²) in [5, 5.41) is 7.87. The highest BCUT2D eigenvalue weighted by atomic mass is 16.5. The largest absolute Gasteiger partial charge is 0.374 e. The van der Waals surface area contributed by atoms with Crippen molar-refractivity contribution in [3.8, 4) is 0 Å². The Balaban J connectivity index is 2.23. The minimum atomic E-state index is 0.518. The van der Waals surface area contributed by atoms with Crippen LogP contribution in [0.25, 0.3) is 0 Å². The van der Waals surface area contributed by atoms with E-state index in [1.165, 1.54) is 6.42 Å². The molecular formula is C14H27N3O. The van der Waals surface area contributed by atoms with Crippen LogP contribution >= 0.6 is 0 Å². The molecule has 0 radical (unpaired) electrons. The second kappa shape index (κ2) is 9.11. The lowest BCUT2D eigenvalue weighted by Gasteiger charge is -2.12. The Morgan fingerprint density at radius 1 is 1.28 bits per heavy atom. The predicted octanol–water partition coefficient (Wildman–Crippen LogP) is 2.76. The van der Waals surface area contributed by atoms with Crippen molar-refractivity contribution < 1.29 is 4.74 Å². The molecule has 0 aliphatic carbocycles. The SMILES string of the molecule is CCCNCCOCc1ccn(C(CC)CC)n1. The summed E-state index contributed by atoms with van der Waals surface area (Å²) >= 11 is 0. The maximum Gasteiger partial charge on any atom is 0.0907 e. The summed E-state index contributed by atoms with van der Waals surface area (Å²) in [6.07, 6.45) is 5.48. The Labute approximate surface area is 111 Å². The summed E-state index contributed by atoms with van der Waals surface area (Å²) in [5.41, 5.74) is 1.03. The summed E-state index contributed by atoms with van der Waals surface area (Å²) in [7, 11) is 0. The van der Waals surface area contributed by atoms with Crippen molar-refractivity contribution in [1.29, 1.82) is 0 Å². The topological polar surface area (TPSA) is 39.1 Å². The third-order valence-electron chi connectivity index (χ3n) is 3.08. The van der Waals surface area contributed by atoms with Gasteiger partial charge in [-0.05, 0) is 31.9 Å². The first-order valence-electron chi connectivity index (χ1n) is 7.14. The van der Waals surface area contributed by atoms with E-state index in [0.717, 1.165) is 38.2 Å². The van der Waals surface area contributed by atoms with Crippen LogP contribution in [0.4, 0.5) is 0 Å². The van der Waals surface area contributed by atoms with Crippen molar-refractivity contribution in [2.45, 2.75) is 52.7 Å². The van der Waals surface area contributed by atoms with Gasteiger partial charge in [-0.15, -0.1) is 0 Å². The first-order valence-corrected chi connectivity index (χ1v) is 7.14. The lowest BCUT2D eigenvalue weighted by atomic mass is 10.2. The van der Waals surface area contributed by atoms with Gasteiger partial charge in [0.15, 0.2) is 0 Å². The fourth-order valence-corrected chi connectivity index (χ4v) is 1.94. The van der Waals surface area contributed by atoms with Crippen molar-refractivity contribution in [2.75, 3.05) is 19.7 Å². The van der Waals surface area contributed by atoms with Crippen molar-refractivity contribution in [2.24, 2.45) is 0 Å². The van der Waals surface area contributed by atoms with Gasteiger partial charge in [0.2, 0.25) is 0 Å². The molecule has 1 aromatic rings. The van der Waals surface area contributed by atoms with Gasteiger partial charge in [0.05, 0.1) is 24.9 Å². The van der Waals surface area contributed by atoms with Crippen LogP contribution in [0.2, 0.25) is 0 Å². The van der Waals surface area contributed by atoms with E-state index in [-0.39, 0.29) is 0 Å². The molecule has 1 N–H and O–H groups in total. The zero-order valence-corrected chi connectivity index (χ0v) is 12.0. The molecule has 0 aliphatic rings. The number of rotatable bonds is 10. The van der Waals surface area contributed by atoms with Gasteiger partial charge in [0.1, 0.15) is 0 Å². The molecule has 0 saturated carbocycles. The highest BCUT2D eigenvalue weighted by Crippen LogP contribution is 2.14. The molecule has 1 rings (SSSR count).